The van der Waals surface area contributed by atoms with Crippen LogP contribution in [0.25, 0.3) is 10.9 Å². The van der Waals surface area contributed by atoms with Gasteiger partial charge in [0.15, 0.2) is 0 Å². The number of hydrogen-bond donors (Lipinski definition) is 2. The number of rotatable bonds is 2. The Morgan fingerprint density at radius 1 is 1.18 bits per heavy atom. The number of nitrogens with one attached hydrogen (secondary N) is 2. The van der Waals surface area contributed by atoms with E-state index in [0.717, 1.165) is 42.5 Å². The summed E-state index contributed by atoms with van der Waals surface area (Å²) in [7, 11) is 2.05. The van der Waals surface area contributed by atoms with Crippen LogP contribution in [0, 0.1) is 6.92 Å². The van der Waals surface area contributed by atoms with Crippen molar-refractivity contribution in [3.05, 3.63) is 64.3 Å². The normalized spacial score (nSPS) is 14.9. The number of likely N-dealkylation sites (N-methyl/N-ethyl adjacent to an activating group) is 1. The number of aromatic amines is 1. The molecule has 0 spiro atoms. The molecule has 3 aromatic rings. The number of halogens is 3. The van der Waals surface area contributed by atoms with Gasteiger partial charge in [-0.05, 0) is 55.4 Å². The Labute approximate surface area is 160 Å². The summed E-state index contributed by atoms with van der Waals surface area (Å²) in [5.74, 6) is -0.427. The first-order valence-corrected chi connectivity index (χ1v) is 9.03. The quantitative estimate of drug-likeness (QED) is 0.668. The lowest BCUT2D eigenvalue weighted by atomic mass is 10.0. The third-order valence-corrected chi connectivity index (χ3v) is 5.24. The Morgan fingerprint density at radius 2 is 1.96 bits per heavy atom. The third-order valence-electron chi connectivity index (χ3n) is 5.24. The number of hydrogen-bond acceptors (Lipinski definition) is 2. The second-order valence-electron chi connectivity index (χ2n) is 7.31. The number of alkyl halides is 3. The Kier molecular flexibility index (Phi) is 4.42. The minimum atomic E-state index is -4.46. The van der Waals surface area contributed by atoms with Gasteiger partial charge in [0.25, 0.3) is 5.91 Å². The number of H-pyrrole nitrogens is 1. The molecule has 1 aromatic heterocycles. The molecule has 1 aliphatic heterocycles. The van der Waals surface area contributed by atoms with Crippen LogP contribution >= 0.6 is 0 Å². The zero-order chi connectivity index (χ0) is 20.1. The van der Waals surface area contributed by atoms with Crippen molar-refractivity contribution in [1.82, 2.24) is 9.88 Å². The summed E-state index contributed by atoms with van der Waals surface area (Å²) >= 11 is 0. The number of amides is 1. The number of carbonyl (C=O) groups excluding carboxylic acids is 1. The van der Waals surface area contributed by atoms with Crippen molar-refractivity contribution < 1.29 is 18.0 Å². The van der Waals surface area contributed by atoms with Gasteiger partial charge >= 0.3 is 6.18 Å². The molecule has 1 amide bonds. The van der Waals surface area contributed by atoms with Crippen molar-refractivity contribution in [2.75, 3.05) is 18.9 Å². The van der Waals surface area contributed by atoms with Crippen LogP contribution in [0.2, 0.25) is 0 Å². The second-order valence-corrected chi connectivity index (χ2v) is 7.31. The summed E-state index contributed by atoms with van der Waals surface area (Å²) in [6.07, 6.45) is -3.53. The SMILES string of the molecule is Cc1ccc(C(F)(F)F)cc1NC(=O)c1ccc2[nH]c3c(c2c1)CN(C)CC3. The molecule has 0 atom stereocenters. The average Bonchev–Trinajstić information content (AvgIpc) is 2.99. The highest BCUT2D eigenvalue weighted by molar-refractivity contribution is 6.07. The fraction of sp³-hybridized carbons (Fsp3) is 0.286. The lowest BCUT2D eigenvalue weighted by Gasteiger charge is -2.22. The zero-order valence-corrected chi connectivity index (χ0v) is 15.6. The van der Waals surface area contributed by atoms with Gasteiger partial charge in [-0.1, -0.05) is 6.07 Å². The predicted octanol–water partition coefficient (Wildman–Crippen LogP) is 4.74. The summed E-state index contributed by atoms with van der Waals surface area (Å²) in [5, 5.41) is 3.61. The average molecular weight is 387 g/mol. The van der Waals surface area contributed by atoms with E-state index in [1.807, 2.05) is 12.1 Å². The summed E-state index contributed by atoms with van der Waals surface area (Å²) in [4.78, 5) is 18.3. The molecule has 0 aliphatic carbocycles. The van der Waals surface area contributed by atoms with Crippen molar-refractivity contribution in [3.8, 4) is 0 Å². The van der Waals surface area contributed by atoms with Crippen LogP contribution in [0.1, 0.15) is 32.7 Å². The smallest absolute Gasteiger partial charge is 0.358 e. The van der Waals surface area contributed by atoms with Gasteiger partial charge < -0.3 is 15.2 Å². The molecule has 146 valence electrons. The van der Waals surface area contributed by atoms with E-state index < -0.39 is 17.6 Å². The van der Waals surface area contributed by atoms with E-state index in [1.54, 1.807) is 13.0 Å². The molecule has 28 heavy (non-hydrogen) atoms. The van der Waals surface area contributed by atoms with Gasteiger partial charge in [0.2, 0.25) is 0 Å². The molecule has 2 heterocycles. The standard InChI is InChI=1S/C21H20F3N3O/c1-12-3-5-14(21(22,23)24)10-19(12)26-20(28)13-4-6-17-15(9-13)16-11-27(2)8-7-18(16)25-17/h3-6,9-10,25H,7-8,11H2,1-2H3,(H,26,28). The van der Waals surface area contributed by atoms with E-state index in [2.05, 4.69) is 22.2 Å². The van der Waals surface area contributed by atoms with Gasteiger partial charge in [0.05, 0.1) is 5.56 Å². The van der Waals surface area contributed by atoms with Crippen LogP contribution < -0.4 is 5.32 Å². The van der Waals surface area contributed by atoms with Crippen molar-refractivity contribution >= 4 is 22.5 Å². The molecule has 2 N–H and O–H groups in total. The lowest BCUT2D eigenvalue weighted by Crippen LogP contribution is -2.26. The fourth-order valence-corrected chi connectivity index (χ4v) is 3.62. The van der Waals surface area contributed by atoms with Crippen LogP contribution in [0.15, 0.2) is 36.4 Å². The molecular weight excluding hydrogens is 367 g/mol. The van der Waals surface area contributed by atoms with E-state index in [9.17, 15) is 18.0 Å². The number of anilines is 1. The first-order valence-electron chi connectivity index (χ1n) is 9.03. The molecule has 7 heteroatoms. The van der Waals surface area contributed by atoms with Crippen molar-refractivity contribution in [2.24, 2.45) is 0 Å². The van der Waals surface area contributed by atoms with Crippen LogP contribution in [0.5, 0.6) is 0 Å². The number of aryl methyl sites for hydroxylation is 1. The van der Waals surface area contributed by atoms with E-state index in [0.29, 0.717) is 11.1 Å². The maximum Gasteiger partial charge on any atom is 0.416 e. The number of aromatic nitrogens is 1. The summed E-state index contributed by atoms with van der Waals surface area (Å²) in [6, 6.07) is 8.69. The van der Waals surface area contributed by atoms with E-state index in [-0.39, 0.29) is 5.69 Å². The number of carbonyl (C=O) groups is 1. The van der Waals surface area contributed by atoms with E-state index in [4.69, 9.17) is 0 Å². The molecule has 0 radical (unpaired) electrons. The third kappa shape index (κ3) is 3.38. The molecule has 1 aliphatic rings. The number of nitrogens with zero attached hydrogens (tertiary/aromatic N) is 1. The Bertz CT molecular complexity index is 1070. The largest absolute Gasteiger partial charge is 0.416 e. The molecule has 0 saturated carbocycles. The number of fused-ring (bicyclic) bond motifs is 3. The Hall–Kier alpha value is -2.80. The summed E-state index contributed by atoms with van der Waals surface area (Å²) in [5.41, 5.74) is 3.69. The molecule has 4 rings (SSSR count). The highest BCUT2D eigenvalue weighted by atomic mass is 19.4. The van der Waals surface area contributed by atoms with Crippen LogP contribution in [-0.4, -0.2) is 29.4 Å². The molecule has 0 unspecified atom stereocenters. The first kappa shape index (κ1) is 18.6. The molecule has 0 bridgehead atoms. The second kappa shape index (κ2) is 6.67. The molecule has 0 fully saturated rings. The Balaban J connectivity index is 1.66. The summed E-state index contributed by atoms with van der Waals surface area (Å²) in [6.45, 7) is 3.44. The molecule has 2 aromatic carbocycles. The van der Waals surface area contributed by atoms with Gasteiger partial charge in [-0.3, -0.25) is 4.79 Å². The zero-order valence-electron chi connectivity index (χ0n) is 15.6. The van der Waals surface area contributed by atoms with Crippen LogP contribution in [-0.2, 0) is 19.1 Å². The van der Waals surface area contributed by atoms with E-state index >= 15 is 0 Å². The van der Waals surface area contributed by atoms with Gasteiger partial charge in [-0.2, -0.15) is 13.2 Å². The lowest BCUT2D eigenvalue weighted by molar-refractivity contribution is -0.137. The first-order chi connectivity index (χ1) is 13.2. The fourth-order valence-electron chi connectivity index (χ4n) is 3.62. The maximum atomic E-state index is 13.0. The highest BCUT2D eigenvalue weighted by Gasteiger charge is 2.31. The molecule has 0 saturated heterocycles. The molecular formula is C21H20F3N3O. The van der Waals surface area contributed by atoms with Gasteiger partial charge in [0.1, 0.15) is 0 Å². The van der Waals surface area contributed by atoms with Gasteiger partial charge in [-0.25, -0.2) is 0 Å². The predicted molar refractivity (Wildman–Crippen MR) is 102 cm³/mol. The maximum absolute atomic E-state index is 13.0. The van der Waals surface area contributed by atoms with Crippen molar-refractivity contribution in [3.63, 3.8) is 0 Å². The number of benzene rings is 2. The highest BCUT2D eigenvalue weighted by Crippen LogP contribution is 2.32. The van der Waals surface area contributed by atoms with Crippen molar-refractivity contribution in [2.45, 2.75) is 26.1 Å². The minimum absolute atomic E-state index is 0.163. The molecule has 4 nitrogen and oxygen atoms in total. The monoisotopic (exact) mass is 387 g/mol. The minimum Gasteiger partial charge on any atom is -0.358 e. The topological polar surface area (TPSA) is 48.1 Å². The van der Waals surface area contributed by atoms with Gasteiger partial charge in [-0.15, -0.1) is 0 Å². The van der Waals surface area contributed by atoms with E-state index in [1.165, 1.54) is 17.3 Å². The van der Waals surface area contributed by atoms with Crippen molar-refractivity contribution in [1.29, 1.82) is 0 Å². The van der Waals surface area contributed by atoms with Gasteiger partial charge in [0, 0.05) is 47.4 Å². The van der Waals surface area contributed by atoms with Crippen LogP contribution in [0.3, 0.4) is 0 Å². The Morgan fingerprint density at radius 3 is 2.71 bits per heavy atom. The summed E-state index contributed by atoms with van der Waals surface area (Å²) < 4.78 is 38.9. The van der Waals surface area contributed by atoms with Crippen LogP contribution in [0.4, 0.5) is 18.9 Å².